The van der Waals surface area contributed by atoms with E-state index < -0.39 is 11.9 Å². The van der Waals surface area contributed by atoms with Gasteiger partial charge in [0.05, 0.1) is 29.0 Å². The minimum Gasteiger partial charge on any atom is -0.399 e. The van der Waals surface area contributed by atoms with Crippen molar-refractivity contribution in [2.75, 3.05) is 37.3 Å². The number of nitrogens with two attached hydrogens (primary N) is 1. The molecule has 0 bridgehead atoms. The van der Waals surface area contributed by atoms with Crippen LogP contribution in [0, 0.1) is 18.8 Å². The lowest BCUT2D eigenvalue weighted by Gasteiger charge is -2.34. The summed E-state index contributed by atoms with van der Waals surface area (Å²) < 4.78 is 2.64. The fourth-order valence-electron chi connectivity index (χ4n) is 4.82. The van der Waals surface area contributed by atoms with Crippen LogP contribution in [-0.4, -0.2) is 70.1 Å². The summed E-state index contributed by atoms with van der Waals surface area (Å²) in [7, 11) is 1.48. The highest BCUT2D eigenvalue weighted by atomic mass is 32.1. The zero-order valence-corrected chi connectivity index (χ0v) is 24.7. The summed E-state index contributed by atoms with van der Waals surface area (Å²) in [5.41, 5.74) is 8.06. The first-order valence-corrected chi connectivity index (χ1v) is 14.5. The second-order valence-electron chi connectivity index (χ2n) is 9.83. The molecule has 0 spiro atoms. The van der Waals surface area contributed by atoms with Crippen molar-refractivity contribution in [1.82, 2.24) is 35.4 Å². The van der Waals surface area contributed by atoms with E-state index in [1.807, 2.05) is 19.1 Å². The number of thiazole rings is 1. The molecule has 218 valence electrons. The normalized spacial score (nSPS) is 14.7. The second kappa shape index (κ2) is 13.4. The van der Waals surface area contributed by atoms with Crippen LogP contribution in [0.15, 0.2) is 18.2 Å². The smallest absolute Gasteiger partial charge is 0.324 e. The number of hydrogen-bond donors (Lipinski definition) is 4. The Morgan fingerprint density at radius 2 is 2.07 bits per heavy atom. The second-order valence-corrected chi connectivity index (χ2v) is 10.9. The van der Waals surface area contributed by atoms with Gasteiger partial charge in [0.15, 0.2) is 0 Å². The Hall–Kier alpha value is -4.31. The van der Waals surface area contributed by atoms with Gasteiger partial charge < -0.3 is 26.6 Å². The van der Waals surface area contributed by atoms with Gasteiger partial charge in [-0.05, 0) is 51.3 Å². The maximum absolute atomic E-state index is 14.1. The van der Waals surface area contributed by atoms with Gasteiger partial charge in [-0.3, -0.25) is 14.3 Å². The molecule has 0 aliphatic carbocycles. The molecule has 5 amide bonds. The van der Waals surface area contributed by atoms with Gasteiger partial charge >= 0.3 is 12.1 Å². The molecule has 1 fully saturated rings. The quantitative estimate of drug-likeness (QED) is 0.237. The van der Waals surface area contributed by atoms with E-state index in [9.17, 15) is 14.4 Å². The maximum Gasteiger partial charge on any atom is 0.324 e. The van der Waals surface area contributed by atoms with Crippen molar-refractivity contribution in [3.05, 3.63) is 34.6 Å². The van der Waals surface area contributed by atoms with Gasteiger partial charge in [-0.2, -0.15) is 0 Å². The van der Waals surface area contributed by atoms with E-state index in [-0.39, 0.29) is 30.9 Å². The summed E-state index contributed by atoms with van der Waals surface area (Å²) in [6, 6.07) is 4.60. The number of fused-ring (bicyclic) bond motifs is 1. The Morgan fingerprint density at radius 1 is 1.27 bits per heavy atom. The Morgan fingerprint density at radius 3 is 2.80 bits per heavy atom. The van der Waals surface area contributed by atoms with Crippen LogP contribution in [0.4, 0.5) is 21.2 Å². The average molecular weight is 580 g/mol. The lowest BCUT2D eigenvalue weighted by atomic mass is 10.1. The first-order valence-electron chi connectivity index (χ1n) is 13.7. The third kappa shape index (κ3) is 6.89. The molecule has 4 rings (SSSR count). The van der Waals surface area contributed by atoms with Crippen molar-refractivity contribution in [2.24, 2.45) is 0 Å². The molecule has 3 aromatic rings. The number of anilines is 2. The van der Waals surface area contributed by atoms with E-state index in [0.29, 0.717) is 42.0 Å². The number of carbonyl (C=O) groups is 3. The third-order valence-electron chi connectivity index (χ3n) is 6.77. The number of hydrogen-bond acceptors (Lipinski definition) is 8. The van der Waals surface area contributed by atoms with Crippen LogP contribution in [-0.2, 0) is 13.1 Å². The number of amides is 5. The van der Waals surface area contributed by atoms with E-state index >= 15 is 0 Å². The van der Waals surface area contributed by atoms with Crippen LogP contribution in [0.2, 0.25) is 0 Å². The van der Waals surface area contributed by atoms with E-state index in [0.717, 1.165) is 34.4 Å². The highest BCUT2D eigenvalue weighted by Gasteiger charge is 2.32. The predicted octanol–water partition coefficient (Wildman–Crippen LogP) is 3.07. The SMILES string of the molecule is CC#CCn1c(N2CCC[C@@H](NC(=O)NCCC)C2)nc(C)c1C(=O)N(Cc1nc2ccc(N)cc2s1)C(=O)NC. The number of aromatic nitrogens is 3. The molecule has 0 radical (unpaired) electrons. The van der Waals surface area contributed by atoms with Crippen LogP contribution < -0.4 is 26.6 Å². The van der Waals surface area contributed by atoms with Gasteiger partial charge in [0.2, 0.25) is 5.95 Å². The minimum absolute atomic E-state index is 0.0141. The third-order valence-corrected chi connectivity index (χ3v) is 7.77. The molecule has 1 aliphatic heterocycles. The first-order chi connectivity index (χ1) is 19.7. The van der Waals surface area contributed by atoms with E-state index in [1.165, 1.54) is 18.4 Å². The van der Waals surface area contributed by atoms with Crippen molar-refractivity contribution < 1.29 is 14.4 Å². The summed E-state index contributed by atoms with van der Waals surface area (Å²) in [5.74, 6) is 6.03. The molecule has 41 heavy (non-hydrogen) atoms. The predicted molar refractivity (Wildman–Crippen MR) is 161 cm³/mol. The number of nitrogen functional groups attached to an aromatic ring is 1. The molecule has 1 atom stereocenters. The number of nitrogens with zero attached hydrogens (tertiary/aromatic N) is 5. The molecule has 13 heteroatoms. The van der Waals surface area contributed by atoms with Crippen LogP contribution in [0.5, 0.6) is 0 Å². The van der Waals surface area contributed by atoms with Gasteiger partial charge in [0.25, 0.3) is 5.91 Å². The monoisotopic (exact) mass is 579 g/mol. The Labute approximate surface area is 243 Å². The molecular weight excluding hydrogens is 542 g/mol. The van der Waals surface area contributed by atoms with Crippen LogP contribution in [0.1, 0.15) is 54.3 Å². The molecular formula is C28H37N9O3S. The first kappa shape index (κ1) is 29.7. The van der Waals surface area contributed by atoms with Crippen molar-refractivity contribution >= 4 is 51.2 Å². The van der Waals surface area contributed by atoms with Gasteiger partial charge in [0, 0.05) is 38.4 Å². The zero-order valence-electron chi connectivity index (χ0n) is 23.9. The molecule has 0 unspecified atom stereocenters. The number of benzene rings is 1. The summed E-state index contributed by atoms with van der Waals surface area (Å²) in [6.45, 7) is 7.57. The molecule has 1 aliphatic rings. The highest BCUT2D eigenvalue weighted by molar-refractivity contribution is 7.18. The van der Waals surface area contributed by atoms with Crippen LogP contribution >= 0.6 is 11.3 Å². The van der Waals surface area contributed by atoms with Gasteiger partial charge in [-0.15, -0.1) is 17.3 Å². The molecule has 0 saturated carbocycles. The van der Waals surface area contributed by atoms with Gasteiger partial charge in [-0.1, -0.05) is 12.8 Å². The van der Waals surface area contributed by atoms with Crippen LogP contribution in [0.25, 0.3) is 10.2 Å². The van der Waals surface area contributed by atoms with Gasteiger partial charge in [-0.25, -0.2) is 19.6 Å². The van der Waals surface area contributed by atoms with Crippen molar-refractivity contribution in [3.63, 3.8) is 0 Å². The maximum atomic E-state index is 14.1. The Bertz CT molecular complexity index is 1490. The molecule has 2 aromatic heterocycles. The fraction of sp³-hybridized carbons (Fsp3) is 0.464. The fourth-order valence-corrected chi connectivity index (χ4v) is 5.82. The highest BCUT2D eigenvalue weighted by Crippen LogP contribution is 2.28. The topological polar surface area (TPSA) is 151 Å². The van der Waals surface area contributed by atoms with Crippen LogP contribution in [0.3, 0.4) is 0 Å². The zero-order chi connectivity index (χ0) is 29.5. The number of rotatable bonds is 8. The summed E-state index contributed by atoms with van der Waals surface area (Å²) in [6.07, 6.45) is 2.55. The Kier molecular flexibility index (Phi) is 9.67. The van der Waals surface area contributed by atoms with Crippen molar-refractivity contribution in [1.29, 1.82) is 0 Å². The number of piperidine rings is 1. The van der Waals surface area contributed by atoms with E-state index in [1.54, 1.807) is 24.5 Å². The Balaban J connectivity index is 1.64. The number of urea groups is 2. The largest absolute Gasteiger partial charge is 0.399 e. The average Bonchev–Trinajstić information content (AvgIpc) is 3.52. The molecule has 3 heterocycles. The molecule has 1 aromatic carbocycles. The van der Waals surface area contributed by atoms with Gasteiger partial charge in [0.1, 0.15) is 10.7 Å². The number of nitrogens with one attached hydrogen (secondary N) is 3. The van der Waals surface area contributed by atoms with E-state index in [2.05, 4.69) is 37.7 Å². The number of aryl methyl sites for hydroxylation is 1. The summed E-state index contributed by atoms with van der Waals surface area (Å²) >= 11 is 1.38. The summed E-state index contributed by atoms with van der Waals surface area (Å²) in [4.78, 5) is 51.9. The number of imide groups is 1. The molecule has 5 N–H and O–H groups in total. The van der Waals surface area contributed by atoms with E-state index in [4.69, 9.17) is 10.7 Å². The number of carbonyl (C=O) groups excluding carboxylic acids is 3. The van der Waals surface area contributed by atoms with Crippen molar-refractivity contribution in [3.8, 4) is 11.8 Å². The lowest BCUT2D eigenvalue weighted by molar-refractivity contribution is 0.0782. The molecule has 1 saturated heterocycles. The summed E-state index contributed by atoms with van der Waals surface area (Å²) in [5, 5.41) is 9.08. The standard InChI is InChI=1S/C28H37N9O3S/c1-5-7-14-36-24(18(3)32-27(36)35-13-8-9-20(16-35)33-26(39)31-12-6-2)25(38)37(28(40)30-4)17-23-34-21-11-10-19(29)15-22(21)41-23/h10-11,15,20H,6,8-9,12-14,16-17,29H2,1-4H3,(H,30,40)(H2,31,33,39)/t20-/m1/s1. The minimum atomic E-state index is -0.552. The van der Waals surface area contributed by atoms with Crippen molar-refractivity contribution in [2.45, 2.75) is 59.2 Å². The number of imidazole rings is 1. The molecule has 12 nitrogen and oxygen atoms in total. The lowest BCUT2D eigenvalue weighted by Crippen LogP contribution is -2.51.